The van der Waals surface area contributed by atoms with Crippen LogP contribution >= 0.6 is 0 Å². The van der Waals surface area contributed by atoms with Crippen LogP contribution in [0, 0.1) is 0 Å². The molecule has 0 bridgehead atoms. The summed E-state index contributed by atoms with van der Waals surface area (Å²) in [6.07, 6.45) is 8.80. The summed E-state index contributed by atoms with van der Waals surface area (Å²) in [5, 5.41) is 0. The summed E-state index contributed by atoms with van der Waals surface area (Å²) in [6.45, 7) is 4.36. The van der Waals surface area contributed by atoms with Crippen LogP contribution in [-0.4, -0.2) is 9.55 Å². The molecule has 0 aliphatic carbocycles. The van der Waals surface area contributed by atoms with Crippen molar-refractivity contribution in [2.45, 2.75) is 45.2 Å². The minimum atomic E-state index is 0.0817. The Bertz CT molecular complexity index is 473. The van der Waals surface area contributed by atoms with E-state index >= 15 is 0 Å². The molecule has 2 N–H and O–H groups in total. The number of hydrogen-bond acceptors (Lipinski definition) is 2. The van der Waals surface area contributed by atoms with Crippen molar-refractivity contribution in [3.05, 3.63) is 54.1 Å². The molecule has 1 aromatic carbocycles. The van der Waals surface area contributed by atoms with Gasteiger partial charge in [-0.25, -0.2) is 4.98 Å². The van der Waals surface area contributed by atoms with Crippen molar-refractivity contribution in [2.24, 2.45) is 5.73 Å². The van der Waals surface area contributed by atoms with Crippen LogP contribution in [0.4, 0.5) is 0 Å². The topological polar surface area (TPSA) is 43.8 Å². The second-order valence-corrected chi connectivity index (χ2v) is 5.01. The first-order valence-electron chi connectivity index (χ1n) is 7.06. The van der Waals surface area contributed by atoms with Gasteiger partial charge in [-0.05, 0) is 30.4 Å². The molecule has 3 heteroatoms. The summed E-state index contributed by atoms with van der Waals surface area (Å²) < 4.78 is 2.15. The fourth-order valence-electron chi connectivity index (χ4n) is 2.41. The van der Waals surface area contributed by atoms with Crippen LogP contribution < -0.4 is 5.73 Å². The number of hydrogen-bond donors (Lipinski definition) is 1. The molecule has 3 nitrogen and oxygen atoms in total. The van der Waals surface area contributed by atoms with E-state index in [1.807, 2.05) is 18.7 Å². The number of nitrogens with zero attached hydrogens (tertiary/aromatic N) is 2. The van der Waals surface area contributed by atoms with Crippen LogP contribution in [0.15, 0.2) is 43.0 Å². The molecule has 0 saturated heterocycles. The monoisotopic (exact) mass is 257 g/mol. The first-order chi connectivity index (χ1) is 9.24. The third-order valence-electron chi connectivity index (χ3n) is 3.76. The molecule has 2 aromatic rings. The second kappa shape index (κ2) is 6.53. The van der Waals surface area contributed by atoms with Crippen LogP contribution in [0.3, 0.4) is 0 Å². The molecule has 0 fully saturated rings. The zero-order chi connectivity index (χ0) is 13.7. The minimum Gasteiger partial charge on any atom is -0.334 e. The molecule has 2 rings (SSSR count). The molecule has 1 heterocycles. The van der Waals surface area contributed by atoms with Crippen LogP contribution in [-0.2, 0) is 6.42 Å². The highest BCUT2D eigenvalue weighted by Crippen LogP contribution is 2.25. The lowest BCUT2D eigenvalue weighted by molar-refractivity contribution is 0.414. The van der Waals surface area contributed by atoms with E-state index in [2.05, 4.69) is 47.7 Å². The van der Waals surface area contributed by atoms with Gasteiger partial charge in [0.05, 0.1) is 6.33 Å². The molecule has 0 radical (unpaired) electrons. The highest BCUT2D eigenvalue weighted by Gasteiger charge is 2.14. The van der Waals surface area contributed by atoms with Crippen molar-refractivity contribution >= 4 is 0 Å². The van der Waals surface area contributed by atoms with E-state index in [9.17, 15) is 0 Å². The summed E-state index contributed by atoms with van der Waals surface area (Å²) in [7, 11) is 0. The fourth-order valence-corrected chi connectivity index (χ4v) is 2.41. The lowest BCUT2D eigenvalue weighted by atomic mass is 9.97. The number of rotatable bonds is 6. The minimum absolute atomic E-state index is 0.0817. The second-order valence-electron chi connectivity index (χ2n) is 5.01. The van der Waals surface area contributed by atoms with Gasteiger partial charge in [-0.15, -0.1) is 0 Å². The Labute approximate surface area is 115 Å². The van der Waals surface area contributed by atoms with E-state index in [1.165, 1.54) is 11.1 Å². The van der Waals surface area contributed by atoms with Crippen molar-refractivity contribution < 1.29 is 0 Å². The lowest BCUT2D eigenvalue weighted by Crippen LogP contribution is -2.17. The molecule has 1 aromatic heterocycles. The van der Waals surface area contributed by atoms with Gasteiger partial charge in [0.2, 0.25) is 0 Å². The van der Waals surface area contributed by atoms with Crippen LogP contribution in [0.5, 0.6) is 0 Å². The average Bonchev–Trinajstić information content (AvgIpc) is 2.98. The lowest BCUT2D eigenvalue weighted by Gasteiger charge is -2.21. The summed E-state index contributed by atoms with van der Waals surface area (Å²) >= 11 is 0. The van der Waals surface area contributed by atoms with Gasteiger partial charge < -0.3 is 10.3 Å². The molecule has 2 unspecified atom stereocenters. The highest BCUT2D eigenvalue weighted by molar-refractivity contribution is 5.24. The van der Waals surface area contributed by atoms with Gasteiger partial charge in [0.1, 0.15) is 0 Å². The van der Waals surface area contributed by atoms with Crippen molar-refractivity contribution in [3.8, 4) is 0 Å². The maximum Gasteiger partial charge on any atom is 0.0948 e. The molecule has 0 aliphatic heterocycles. The number of aromatic nitrogens is 2. The van der Waals surface area contributed by atoms with Gasteiger partial charge in [0, 0.05) is 24.5 Å². The summed E-state index contributed by atoms with van der Waals surface area (Å²) in [4.78, 5) is 4.12. The van der Waals surface area contributed by atoms with Crippen LogP contribution in [0.1, 0.15) is 49.9 Å². The predicted molar refractivity (Wildman–Crippen MR) is 78.9 cm³/mol. The molecule has 2 atom stereocenters. The maximum atomic E-state index is 6.34. The van der Waals surface area contributed by atoms with Crippen LogP contribution in [0.25, 0.3) is 0 Å². The normalized spacial score (nSPS) is 14.3. The van der Waals surface area contributed by atoms with E-state index in [1.54, 1.807) is 0 Å². The van der Waals surface area contributed by atoms with Gasteiger partial charge in [0.15, 0.2) is 0 Å². The number of nitrogens with two attached hydrogens (primary N) is 1. The third-order valence-corrected chi connectivity index (χ3v) is 3.76. The number of aryl methyl sites for hydroxylation is 1. The zero-order valence-corrected chi connectivity index (χ0v) is 11.8. The standard InChI is InChI=1S/C16H23N3/c1-3-13-5-7-14(8-6-13)16(17)11-15(4-2)19-10-9-18-12-19/h5-10,12,15-16H,3-4,11,17H2,1-2H3. The molecular formula is C16H23N3. The van der Waals surface area contributed by atoms with Gasteiger partial charge in [-0.2, -0.15) is 0 Å². The summed E-state index contributed by atoms with van der Waals surface area (Å²) in [5.41, 5.74) is 8.91. The molecule has 0 saturated carbocycles. The molecule has 102 valence electrons. The van der Waals surface area contributed by atoms with E-state index < -0.39 is 0 Å². The molecule has 0 spiro atoms. The average molecular weight is 257 g/mol. The number of imidazole rings is 1. The third kappa shape index (κ3) is 3.44. The van der Waals surface area contributed by atoms with Gasteiger partial charge >= 0.3 is 0 Å². The number of benzene rings is 1. The fraction of sp³-hybridized carbons (Fsp3) is 0.438. The van der Waals surface area contributed by atoms with Crippen molar-refractivity contribution in [3.63, 3.8) is 0 Å². The summed E-state index contributed by atoms with van der Waals surface area (Å²) in [6, 6.07) is 9.16. The highest BCUT2D eigenvalue weighted by atomic mass is 15.0. The van der Waals surface area contributed by atoms with Gasteiger partial charge in [-0.1, -0.05) is 38.1 Å². The smallest absolute Gasteiger partial charge is 0.0948 e. The predicted octanol–water partition coefficient (Wildman–Crippen LogP) is 3.49. The Hall–Kier alpha value is -1.61. The quantitative estimate of drug-likeness (QED) is 0.861. The molecular weight excluding hydrogens is 234 g/mol. The largest absolute Gasteiger partial charge is 0.334 e. The Morgan fingerprint density at radius 3 is 2.47 bits per heavy atom. The first-order valence-corrected chi connectivity index (χ1v) is 7.06. The van der Waals surface area contributed by atoms with E-state index in [4.69, 9.17) is 5.73 Å². The Morgan fingerprint density at radius 1 is 1.21 bits per heavy atom. The van der Waals surface area contributed by atoms with Gasteiger partial charge in [-0.3, -0.25) is 0 Å². The van der Waals surface area contributed by atoms with Crippen molar-refractivity contribution in [2.75, 3.05) is 0 Å². The van der Waals surface area contributed by atoms with E-state index in [-0.39, 0.29) is 6.04 Å². The Morgan fingerprint density at radius 2 is 1.95 bits per heavy atom. The van der Waals surface area contributed by atoms with Crippen LogP contribution in [0.2, 0.25) is 0 Å². The maximum absolute atomic E-state index is 6.34. The Balaban J connectivity index is 2.04. The van der Waals surface area contributed by atoms with Crippen molar-refractivity contribution in [1.82, 2.24) is 9.55 Å². The molecule has 19 heavy (non-hydrogen) atoms. The van der Waals surface area contributed by atoms with Crippen molar-refractivity contribution in [1.29, 1.82) is 0 Å². The first kappa shape index (κ1) is 13.8. The summed E-state index contributed by atoms with van der Waals surface area (Å²) in [5.74, 6) is 0. The van der Waals surface area contributed by atoms with Gasteiger partial charge in [0.25, 0.3) is 0 Å². The molecule has 0 amide bonds. The van der Waals surface area contributed by atoms with E-state index in [0.717, 1.165) is 19.3 Å². The zero-order valence-electron chi connectivity index (χ0n) is 11.8. The molecule has 0 aliphatic rings. The van der Waals surface area contributed by atoms with E-state index in [0.29, 0.717) is 6.04 Å². The SMILES string of the molecule is CCc1ccc(C(N)CC(CC)n2ccnc2)cc1. The Kier molecular flexibility index (Phi) is 4.74.